The van der Waals surface area contributed by atoms with Crippen LogP contribution in [0.2, 0.25) is 0 Å². The summed E-state index contributed by atoms with van der Waals surface area (Å²) in [5.41, 5.74) is 2.13. The highest BCUT2D eigenvalue weighted by atomic mass is 16.5. The van der Waals surface area contributed by atoms with E-state index in [1.165, 1.54) is 0 Å². The molecule has 4 rings (SSSR count). The predicted octanol–water partition coefficient (Wildman–Crippen LogP) is 3.33. The van der Waals surface area contributed by atoms with E-state index >= 15 is 0 Å². The molecule has 0 fully saturated rings. The Labute approximate surface area is 197 Å². The van der Waals surface area contributed by atoms with Gasteiger partial charge in [-0.05, 0) is 55.8 Å². The maximum Gasteiger partial charge on any atom is 0.247 e. The molecule has 0 bridgehead atoms. The van der Waals surface area contributed by atoms with Crippen LogP contribution in [0.25, 0.3) is 11.0 Å². The first-order valence-corrected chi connectivity index (χ1v) is 11.0. The van der Waals surface area contributed by atoms with Crippen molar-refractivity contribution < 1.29 is 18.7 Å². The lowest BCUT2D eigenvalue weighted by Gasteiger charge is -2.34. The molecule has 0 radical (unpaired) electrons. The maximum atomic E-state index is 13.6. The second-order valence-electron chi connectivity index (χ2n) is 8.10. The number of para-hydroxylation sites is 1. The smallest absolute Gasteiger partial charge is 0.247 e. The summed E-state index contributed by atoms with van der Waals surface area (Å²) in [6.45, 7) is 3.94. The van der Waals surface area contributed by atoms with Crippen LogP contribution >= 0.6 is 0 Å². The standard InChI is InChI=1S/C25H27N5O4/c1-17(2)30(23(31)16-29-22-9-5-4-8-21(22)27-28-29)24(18-10-12-19(33-3)13-11-18)25(32)26-15-20-7-6-14-34-20/h4-14,17,24H,15-16H2,1-3H3,(H,26,32)/t24-/m0/s1. The van der Waals surface area contributed by atoms with E-state index in [0.29, 0.717) is 22.6 Å². The summed E-state index contributed by atoms with van der Waals surface area (Å²) in [5.74, 6) is 0.722. The number of hydrogen-bond acceptors (Lipinski definition) is 6. The molecule has 0 saturated heterocycles. The number of ether oxygens (including phenoxy) is 1. The van der Waals surface area contributed by atoms with E-state index in [-0.39, 0.29) is 30.9 Å². The van der Waals surface area contributed by atoms with Crippen molar-refractivity contribution in [3.05, 3.63) is 78.3 Å². The van der Waals surface area contributed by atoms with E-state index in [4.69, 9.17) is 9.15 Å². The Kier molecular flexibility index (Phi) is 6.91. The van der Waals surface area contributed by atoms with Crippen LogP contribution in [0.4, 0.5) is 0 Å². The summed E-state index contributed by atoms with van der Waals surface area (Å²) < 4.78 is 12.2. The Balaban J connectivity index is 1.64. The van der Waals surface area contributed by atoms with E-state index in [9.17, 15) is 9.59 Å². The molecular weight excluding hydrogens is 434 g/mol. The second-order valence-corrected chi connectivity index (χ2v) is 8.10. The van der Waals surface area contributed by atoms with Gasteiger partial charge in [0, 0.05) is 6.04 Å². The van der Waals surface area contributed by atoms with Gasteiger partial charge in [0.15, 0.2) is 0 Å². The first-order chi connectivity index (χ1) is 16.5. The average molecular weight is 462 g/mol. The van der Waals surface area contributed by atoms with Gasteiger partial charge >= 0.3 is 0 Å². The molecule has 2 aromatic heterocycles. The summed E-state index contributed by atoms with van der Waals surface area (Å²) in [7, 11) is 1.58. The summed E-state index contributed by atoms with van der Waals surface area (Å²) in [5, 5.41) is 11.2. The van der Waals surface area contributed by atoms with Gasteiger partial charge in [-0.15, -0.1) is 5.10 Å². The molecule has 0 unspecified atom stereocenters. The highest BCUT2D eigenvalue weighted by molar-refractivity contribution is 5.89. The Morgan fingerprint density at radius 1 is 1.09 bits per heavy atom. The molecule has 2 heterocycles. The van der Waals surface area contributed by atoms with Crippen molar-refractivity contribution in [2.24, 2.45) is 0 Å². The molecular formula is C25H27N5O4. The van der Waals surface area contributed by atoms with Crippen molar-refractivity contribution in [3.63, 3.8) is 0 Å². The molecule has 4 aromatic rings. The topological polar surface area (TPSA) is 102 Å². The van der Waals surface area contributed by atoms with Gasteiger partial charge in [0.2, 0.25) is 11.8 Å². The number of hydrogen-bond donors (Lipinski definition) is 1. The van der Waals surface area contributed by atoms with Crippen LogP contribution in [0.3, 0.4) is 0 Å². The second kappa shape index (κ2) is 10.2. The van der Waals surface area contributed by atoms with Crippen molar-refractivity contribution in [2.45, 2.75) is 39.0 Å². The fraction of sp³-hybridized carbons (Fsp3) is 0.280. The van der Waals surface area contributed by atoms with Gasteiger partial charge in [-0.3, -0.25) is 9.59 Å². The lowest BCUT2D eigenvalue weighted by molar-refractivity contribution is -0.143. The fourth-order valence-electron chi connectivity index (χ4n) is 3.88. The normalized spacial score (nSPS) is 12.0. The number of nitrogens with one attached hydrogen (secondary N) is 1. The van der Waals surface area contributed by atoms with E-state index < -0.39 is 6.04 Å². The number of amides is 2. The summed E-state index contributed by atoms with van der Waals surface area (Å²) >= 11 is 0. The number of fused-ring (bicyclic) bond motifs is 1. The molecule has 9 heteroatoms. The zero-order chi connectivity index (χ0) is 24.1. The molecule has 9 nitrogen and oxygen atoms in total. The highest BCUT2D eigenvalue weighted by Crippen LogP contribution is 2.27. The number of carbonyl (C=O) groups excluding carboxylic acids is 2. The van der Waals surface area contributed by atoms with Gasteiger partial charge in [-0.25, -0.2) is 4.68 Å². The van der Waals surface area contributed by atoms with Gasteiger partial charge in [0.1, 0.15) is 29.6 Å². The Bertz CT molecular complexity index is 1250. The molecule has 1 atom stereocenters. The predicted molar refractivity (Wildman–Crippen MR) is 126 cm³/mol. The quantitative estimate of drug-likeness (QED) is 0.410. The number of methoxy groups -OCH3 is 1. The van der Waals surface area contributed by atoms with Crippen LogP contribution in [0.5, 0.6) is 5.75 Å². The summed E-state index contributed by atoms with van der Waals surface area (Å²) in [6.07, 6.45) is 1.55. The minimum Gasteiger partial charge on any atom is -0.497 e. The van der Waals surface area contributed by atoms with Crippen LogP contribution < -0.4 is 10.1 Å². The van der Waals surface area contributed by atoms with Gasteiger partial charge in [-0.2, -0.15) is 0 Å². The number of aromatic nitrogens is 3. The maximum absolute atomic E-state index is 13.6. The summed E-state index contributed by atoms with van der Waals surface area (Å²) in [6, 6.07) is 17.0. The molecule has 34 heavy (non-hydrogen) atoms. The van der Waals surface area contributed by atoms with E-state index in [2.05, 4.69) is 15.6 Å². The molecule has 0 saturated carbocycles. The third-order valence-corrected chi connectivity index (χ3v) is 5.52. The third-order valence-electron chi connectivity index (χ3n) is 5.52. The van der Waals surface area contributed by atoms with Crippen molar-refractivity contribution in [2.75, 3.05) is 7.11 Å². The number of benzene rings is 2. The van der Waals surface area contributed by atoms with E-state index in [0.717, 1.165) is 5.52 Å². The van der Waals surface area contributed by atoms with Crippen LogP contribution in [0.15, 0.2) is 71.3 Å². The monoisotopic (exact) mass is 461 g/mol. The summed E-state index contributed by atoms with van der Waals surface area (Å²) in [4.78, 5) is 28.6. The van der Waals surface area contributed by atoms with Gasteiger partial charge in [0.25, 0.3) is 0 Å². The van der Waals surface area contributed by atoms with Crippen molar-refractivity contribution >= 4 is 22.8 Å². The Morgan fingerprint density at radius 3 is 2.53 bits per heavy atom. The van der Waals surface area contributed by atoms with Crippen LogP contribution in [-0.2, 0) is 22.7 Å². The Hall–Kier alpha value is -4.14. The first kappa shape index (κ1) is 23.0. The molecule has 2 aromatic carbocycles. The van der Waals surface area contributed by atoms with Crippen molar-refractivity contribution in [1.29, 1.82) is 0 Å². The average Bonchev–Trinajstić information content (AvgIpc) is 3.51. The third kappa shape index (κ3) is 4.93. The molecule has 2 amide bonds. The van der Waals surface area contributed by atoms with Crippen LogP contribution in [0, 0.1) is 0 Å². The first-order valence-electron chi connectivity index (χ1n) is 11.0. The van der Waals surface area contributed by atoms with Gasteiger partial charge in [-0.1, -0.05) is 29.5 Å². The van der Waals surface area contributed by atoms with Gasteiger partial charge < -0.3 is 19.4 Å². The molecule has 1 N–H and O–H groups in total. The highest BCUT2D eigenvalue weighted by Gasteiger charge is 2.33. The van der Waals surface area contributed by atoms with Crippen molar-refractivity contribution in [3.8, 4) is 5.75 Å². The largest absolute Gasteiger partial charge is 0.497 e. The number of rotatable bonds is 9. The minimum atomic E-state index is -0.858. The number of carbonyl (C=O) groups is 2. The van der Waals surface area contributed by atoms with Crippen LogP contribution in [0.1, 0.15) is 31.2 Å². The van der Waals surface area contributed by atoms with E-state index in [1.807, 2.05) is 38.1 Å². The van der Waals surface area contributed by atoms with E-state index in [1.54, 1.807) is 59.4 Å². The zero-order valence-corrected chi connectivity index (χ0v) is 19.3. The van der Waals surface area contributed by atoms with Crippen molar-refractivity contribution in [1.82, 2.24) is 25.2 Å². The lowest BCUT2D eigenvalue weighted by atomic mass is 10.0. The molecule has 0 aliphatic rings. The van der Waals surface area contributed by atoms with Crippen LogP contribution in [-0.4, -0.2) is 44.9 Å². The zero-order valence-electron chi connectivity index (χ0n) is 19.3. The minimum absolute atomic E-state index is 0.0448. The fourth-order valence-corrected chi connectivity index (χ4v) is 3.88. The molecule has 0 spiro atoms. The molecule has 0 aliphatic carbocycles. The Morgan fingerprint density at radius 2 is 1.85 bits per heavy atom. The SMILES string of the molecule is COc1ccc([C@@H](C(=O)NCc2ccco2)N(C(=O)Cn2nnc3ccccc32)C(C)C)cc1. The lowest BCUT2D eigenvalue weighted by Crippen LogP contribution is -2.48. The number of furan rings is 1. The van der Waals surface area contributed by atoms with Gasteiger partial charge in [0.05, 0.1) is 25.4 Å². The molecule has 0 aliphatic heterocycles. The molecule has 176 valence electrons. The number of nitrogens with zero attached hydrogens (tertiary/aromatic N) is 4.